The van der Waals surface area contributed by atoms with E-state index in [1.54, 1.807) is 24.5 Å². The SMILES string of the molecule is CC.NCCNC(=O)c1ccnc(-c2ccccn2)c1. The van der Waals surface area contributed by atoms with Crippen LogP contribution in [0.2, 0.25) is 0 Å². The minimum atomic E-state index is -0.153. The molecule has 0 atom stereocenters. The maximum absolute atomic E-state index is 11.8. The van der Waals surface area contributed by atoms with Crippen LogP contribution in [-0.4, -0.2) is 29.0 Å². The number of nitrogens with two attached hydrogens (primary N) is 1. The van der Waals surface area contributed by atoms with Crippen LogP contribution in [0.3, 0.4) is 0 Å². The maximum atomic E-state index is 11.8. The van der Waals surface area contributed by atoms with Crippen molar-refractivity contribution < 1.29 is 4.79 Å². The van der Waals surface area contributed by atoms with Crippen LogP contribution in [0.5, 0.6) is 0 Å². The number of hydrogen-bond donors (Lipinski definition) is 2. The zero-order valence-corrected chi connectivity index (χ0v) is 11.8. The first kappa shape index (κ1) is 15.8. The second-order valence-corrected chi connectivity index (χ2v) is 3.69. The second-order valence-electron chi connectivity index (χ2n) is 3.69. The topological polar surface area (TPSA) is 80.9 Å². The summed E-state index contributed by atoms with van der Waals surface area (Å²) in [5, 5.41) is 2.72. The van der Waals surface area contributed by atoms with Crippen LogP contribution in [-0.2, 0) is 0 Å². The van der Waals surface area contributed by atoms with E-state index >= 15 is 0 Å². The highest BCUT2D eigenvalue weighted by Crippen LogP contribution is 2.14. The lowest BCUT2D eigenvalue weighted by Crippen LogP contribution is -2.29. The molecular weight excluding hydrogens is 252 g/mol. The largest absolute Gasteiger partial charge is 0.351 e. The number of carbonyl (C=O) groups is 1. The molecule has 2 aromatic rings. The monoisotopic (exact) mass is 272 g/mol. The van der Waals surface area contributed by atoms with Crippen LogP contribution in [0.1, 0.15) is 24.2 Å². The molecule has 0 aliphatic rings. The van der Waals surface area contributed by atoms with Crippen LogP contribution in [0, 0.1) is 0 Å². The third kappa shape index (κ3) is 4.44. The number of aromatic nitrogens is 2. The molecule has 106 valence electrons. The molecule has 0 bridgehead atoms. The Bertz CT molecular complexity index is 528. The van der Waals surface area contributed by atoms with Gasteiger partial charge in [0.05, 0.1) is 11.4 Å². The molecule has 0 saturated heterocycles. The summed E-state index contributed by atoms with van der Waals surface area (Å²) in [4.78, 5) is 20.2. The van der Waals surface area contributed by atoms with E-state index in [0.29, 0.717) is 24.3 Å². The molecule has 0 fully saturated rings. The Labute approximate surface area is 119 Å². The fourth-order valence-electron chi connectivity index (χ4n) is 1.51. The Morgan fingerprint density at radius 1 is 1.15 bits per heavy atom. The highest BCUT2D eigenvalue weighted by Gasteiger charge is 2.07. The normalized spacial score (nSPS) is 9.35. The van der Waals surface area contributed by atoms with Crippen LogP contribution in [0.4, 0.5) is 0 Å². The molecule has 20 heavy (non-hydrogen) atoms. The highest BCUT2D eigenvalue weighted by molar-refractivity contribution is 5.94. The van der Waals surface area contributed by atoms with Gasteiger partial charge in [0.1, 0.15) is 0 Å². The molecule has 0 spiro atoms. The lowest BCUT2D eigenvalue weighted by atomic mass is 10.1. The summed E-state index contributed by atoms with van der Waals surface area (Å²) >= 11 is 0. The predicted molar refractivity (Wildman–Crippen MR) is 80.2 cm³/mol. The summed E-state index contributed by atoms with van der Waals surface area (Å²) in [6, 6.07) is 8.95. The Morgan fingerprint density at radius 2 is 1.90 bits per heavy atom. The fourth-order valence-corrected chi connectivity index (χ4v) is 1.51. The molecule has 2 heterocycles. The number of nitrogens with one attached hydrogen (secondary N) is 1. The molecule has 5 heteroatoms. The molecule has 0 unspecified atom stereocenters. The van der Waals surface area contributed by atoms with E-state index in [2.05, 4.69) is 15.3 Å². The van der Waals surface area contributed by atoms with Gasteiger partial charge in [-0.15, -0.1) is 0 Å². The third-order valence-corrected chi connectivity index (χ3v) is 2.38. The molecule has 0 aliphatic heterocycles. The maximum Gasteiger partial charge on any atom is 0.251 e. The predicted octanol–water partition coefficient (Wildman–Crippen LogP) is 1.86. The molecule has 0 saturated carbocycles. The van der Waals surface area contributed by atoms with Crippen molar-refractivity contribution in [3.05, 3.63) is 48.3 Å². The average molecular weight is 272 g/mol. The zero-order valence-electron chi connectivity index (χ0n) is 11.8. The van der Waals surface area contributed by atoms with E-state index in [1.165, 1.54) is 0 Å². The summed E-state index contributed by atoms with van der Waals surface area (Å²) in [7, 11) is 0. The van der Waals surface area contributed by atoms with Gasteiger partial charge in [-0.1, -0.05) is 19.9 Å². The van der Waals surface area contributed by atoms with Gasteiger partial charge >= 0.3 is 0 Å². The minimum absolute atomic E-state index is 0.153. The van der Waals surface area contributed by atoms with Gasteiger partial charge in [-0.2, -0.15) is 0 Å². The molecule has 2 rings (SSSR count). The first-order chi connectivity index (χ1) is 9.81. The van der Waals surface area contributed by atoms with E-state index in [9.17, 15) is 4.79 Å². The second kappa shape index (κ2) is 8.77. The number of hydrogen-bond acceptors (Lipinski definition) is 4. The van der Waals surface area contributed by atoms with Gasteiger partial charge in [-0.3, -0.25) is 14.8 Å². The zero-order chi connectivity index (χ0) is 14.8. The van der Waals surface area contributed by atoms with Crippen molar-refractivity contribution >= 4 is 5.91 Å². The third-order valence-electron chi connectivity index (χ3n) is 2.38. The van der Waals surface area contributed by atoms with Gasteiger partial charge in [0.2, 0.25) is 0 Å². The number of pyridine rings is 2. The lowest BCUT2D eigenvalue weighted by Gasteiger charge is -2.05. The van der Waals surface area contributed by atoms with Gasteiger partial charge in [0.25, 0.3) is 5.91 Å². The summed E-state index contributed by atoms with van der Waals surface area (Å²) in [6.45, 7) is 4.88. The highest BCUT2D eigenvalue weighted by atomic mass is 16.1. The minimum Gasteiger partial charge on any atom is -0.351 e. The first-order valence-corrected chi connectivity index (χ1v) is 6.67. The van der Waals surface area contributed by atoms with Gasteiger partial charge in [-0.25, -0.2) is 0 Å². The molecule has 0 aliphatic carbocycles. The van der Waals surface area contributed by atoms with E-state index in [4.69, 9.17) is 5.73 Å². The first-order valence-electron chi connectivity index (χ1n) is 6.67. The summed E-state index contributed by atoms with van der Waals surface area (Å²) < 4.78 is 0. The smallest absolute Gasteiger partial charge is 0.251 e. The van der Waals surface area contributed by atoms with Crippen molar-refractivity contribution in [1.82, 2.24) is 15.3 Å². The van der Waals surface area contributed by atoms with Gasteiger partial charge in [0.15, 0.2) is 0 Å². The number of rotatable bonds is 4. The number of carbonyl (C=O) groups excluding carboxylic acids is 1. The molecule has 3 N–H and O–H groups in total. The van der Waals surface area contributed by atoms with Crippen LogP contribution < -0.4 is 11.1 Å². The van der Waals surface area contributed by atoms with E-state index in [-0.39, 0.29) is 5.91 Å². The Kier molecular flexibility index (Phi) is 6.92. The quantitative estimate of drug-likeness (QED) is 0.890. The van der Waals surface area contributed by atoms with Crippen molar-refractivity contribution in [1.29, 1.82) is 0 Å². The van der Waals surface area contributed by atoms with Crippen LogP contribution in [0.25, 0.3) is 11.4 Å². The van der Waals surface area contributed by atoms with E-state index < -0.39 is 0 Å². The van der Waals surface area contributed by atoms with Gasteiger partial charge < -0.3 is 11.1 Å². The standard InChI is InChI=1S/C13H14N4O.C2H6/c14-5-8-17-13(18)10-4-7-16-12(9-10)11-3-1-2-6-15-11;1-2/h1-4,6-7,9H,5,8,14H2,(H,17,18);1-2H3. The summed E-state index contributed by atoms with van der Waals surface area (Å²) in [6.07, 6.45) is 3.29. The van der Waals surface area contributed by atoms with E-state index in [1.807, 2.05) is 32.0 Å². The van der Waals surface area contributed by atoms with E-state index in [0.717, 1.165) is 5.69 Å². The molecule has 0 radical (unpaired) electrons. The molecule has 5 nitrogen and oxygen atoms in total. The Morgan fingerprint density at radius 3 is 2.55 bits per heavy atom. The fraction of sp³-hybridized carbons (Fsp3) is 0.267. The lowest BCUT2D eigenvalue weighted by molar-refractivity contribution is 0.0954. The summed E-state index contributed by atoms with van der Waals surface area (Å²) in [5.74, 6) is -0.153. The van der Waals surface area contributed by atoms with Gasteiger partial charge in [-0.05, 0) is 24.3 Å². The molecular formula is C15H20N4O. The molecule has 0 aromatic carbocycles. The molecule has 2 aromatic heterocycles. The summed E-state index contributed by atoms with van der Waals surface area (Å²) in [5.41, 5.74) is 7.31. The Hall–Kier alpha value is -2.27. The van der Waals surface area contributed by atoms with Crippen molar-refractivity contribution in [3.8, 4) is 11.4 Å². The van der Waals surface area contributed by atoms with Crippen LogP contribution in [0.15, 0.2) is 42.7 Å². The van der Waals surface area contributed by atoms with Crippen molar-refractivity contribution in [2.45, 2.75) is 13.8 Å². The number of amides is 1. The van der Waals surface area contributed by atoms with Crippen LogP contribution >= 0.6 is 0 Å². The number of nitrogens with zero attached hydrogens (tertiary/aromatic N) is 2. The van der Waals surface area contributed by atoms with Crippen molar-refractivity contribution in [3.63, 3.8) is 0 Å². The van der Waals surface area contributed by atoms with Crippen molar-refractivity contribution in [2.75, 3.05) is 13.1 Å². The average Bonchev–Trinajstić information content (AvgIpc) is 2.55. The molecule has 1 amide bonds. The van der Waals surface area contributed by atoms with Gasteiger partial charge in [0, 0.05) is 31.0 Å². The Balaban J connectivity index is 0.000000956. The van der Waals surface area contributed by atoms with Crippen molar-refractivity contribution in [2.24, 2.45) is 5.73 Å².